The number of carbonyl (C=O) groups is 1. The summed E-state index contributed by atoms with van der Waals surface area (Å²) in [5.41, 5.74) is 1.34. The second-order valence-corrected chi connectivity index (χ2v) is 6.25. The van der Waals surface area contributed by atoms with E-state index in [0.717, 1.165) is 25.9 Å². The Kier molecular flexibility index (Phi) is 7.51. The molecule has 4 nitrogen and oxygen atoms in total. The molecule has 1 amide bonds. The summed E-state index contributed by atoms with van der Waals surface area (Å²) in [4.78, 5) is 13.2. The maximum Gasteiger partial charge on any atom is 0.222 e. The van der Waals surface area contributed by atoms with E-state index in [1.54, 1.807) is 4.90 Å². The van der Waals surface area contributed by atoms with E-state index in [0.29, 0.717) is 18.4 Å². The second kappa shape index (κ2) is 8.88. The molecule has 1 unspecified atom stereocenters. The Bertz CT molecular complexity index is 423. The lowest BCUT2D eigenvalue weighted by atomic mass is 9.98. The van der Waals surface area contributed by atoms with Crippen LogP contribution in [0.1, 0.15) is 51.6 Å². The predicted octanol–water partition coefficient (Wildman–Crippen LogP) is 3.05. The van der Waals surface area contributed by atoms with E-state index in [1.807, 2.05) is 14.1 Å². The van der Waals surface area contributed by atoms with Gasteiger partial charge in [-0.05, 0) is 36.9 Å². The first-order valence-corrected chi connectivity index (χ1v) is 8.05. The Balaban J connectivity index is 2.52. The van der Waals surface area contributed by atoms with Gasteiger partial charge in [-0.25, -0.2) is 0 Å². The molecule has 0 aliphatic heterocycles. The predicted molar refractivity (Wildman–Crippen MR) is 88.2 cm³/mol. The van der Waals surface area contributed by atoms with Crippen LogP contribution in [-0.4, -0.2) is 36.0 Å². The van der Waals surface area contributed by atoms with Crippen molar-refractivity contribution < 1.29 is 4.79 Å². The van der Waals surface area contributed by atoms with Crippen LogP contribution in [0.2, 0.25) is 0 Å². The fourth-order valence-electron chi connectivity index (χ4n) is 2.46. The number of hydrogen-bond acceptors (Lipinski definition) is 2. The van der Waals surface area contributed by atoms with E-state index in [9.17, 15) is 4.79 Å². The molecule has 0 spiro atoms. The largest absolute Gasteiger partial charge is 0.354 e. The average molecular weight is 293 g/mol. The molecule has 4 heteroatoms. The first-order chi connectivity index (χ1) is 9.95. The maximum atomic E-state index is 11.6. The number of aryl methyl sites for hydroxylation is 1. The molecule has 0 aliphatic rings. The summed E-state index contributed by atoms with van der Waals surface area (Å²) in [6.07, 6.45) is 6.99. The molecule has 120 valence electrons. The third kappa shape index (κ3) is 5.92. The standard InChI is InChI=1S/C17H31N3O/c1-6-10-18-17(14(2)3)15-9-12-20(13-15)11-7-8-16(21)19(4)5/h9,12-14,17-18H,6-8,10-11H2,1-5H3. The molecule has 0 saturated heterocycles. The number of aromatic nitrogens is 1. The summed E-state index contributed by atoms with van der Waals surface area (Å²) >= 11 is 0. The van der Waals surface area contributed by atoms with E-state index in [-0.39, 0.29) is 5.91 Å². The summed E-state index contributed by atoms with van der Waals surface area (Å²) in [7, 11) is 3.62. The van der Waals surface area contributed by atoms with Crippen LogP contribution in [0.5, 0.6) is 0 Å². The van der Waals surface area contributed by atoms with E-state index < -0.39 is 0 Å². The highest BCUT2D eigenvalue weighted by Crippen LogP contribution is 2.22. The Morgan fingerprint density at radius 2 is 2.10 bits per heavy atom. The van der Waals surface area contributed by atoms with Gasteiger partial charge in [0.05, 0.1) is 0 Å². The Hall–Kier alpha value is -1.29. The van der Waals surface area contributed by atoms with Gasteiger partial charge >= 0.3 is 0 Å². The molecule has 0 aromatic carbocycles. The minimum atomic E-state index is 0.201. The number of hydrogen-bond donors (Lipinski definition) is 1. The molecule has 0 saturated carbocycles. The summed E-state index contributed by atoms with van der Waals surface area (Å²) in [6.45, 7) is 8.64. The van der Waals surface area contributed by atoms with Crippen molar-refractivity contribution in [3.05, 3.63) is 24.0 Å². The van der Waals surface area contributed by atoms with Crippen LogP contribution in [0.25, 0.3) is 0 Å². The first kappa shape index (κ1) is 17.8. The van der Waals surface area contributed by atoms with Crippen molar-refractivity contribution in [1.82, 2.24) is 14.8 Å². The molecule has 0 radical (unpaired) electrons. The van der Waals surface area contributed by atoms with Crippen molar-refractivity contribution in [1.29, 1.82) is 0 Å². The van der Waals surface area contributed by atoms with Crippen LogP contribution in [0.3, 0.4) is 0 Å². The number of nitrogens with one attached hydrogen (secondary N) is 1. The Morgan fingerprint density at radius 3 is 2.67 bits per heavy atom. The van der Waals surface area contributed by atoms with Crippen molar-refractivity contribution in [2.24, 2.45) is 5.92 Å². The molecule has 1 rings (SSSR count). The molecule has 1 N–H and O–H groups in total. The molecular weight excluding hydrogens is 262 g/mol. The van der Waals surface area contributed by atoms with Crippen LogP contribution >= 0.6 is 0 Å². The summed E-state index contributed by atoms with van der Waals surface area (Å²) in [5.74, 6) is 0.773. The van der Waals surface area contributed by atoms with Gasteiger partial charge in [0.25, 0.3) is 0 Å². The Morgan fingerprint density at radius 1 is 1.38 bits per heavy atom. The van der Waals surface area contributed by atoms with Gasteiger partial charge in [0, 0.05) is 45.5 Å². The van der Waals surface area contributed by atoms with Crippen molar-refractivity contribution in [2.45, 2.75) is 52.6 Å². The summed E-state index contributed by atoms with van der Waals surface area (Å²) in [6, 6.07) is 2.61. The van der Waals surface area contributed by atoms with E-state index >= 15 is 0 Å². The highest BCUT2D eigenvalue weighted by Gasteiger charge is 2.15. The second-order valence-electron chi connectivity index (χ2n) is 6.25. The highest BCUT2D eigenvalue weighted by molar-refractivity contribution is 5.75. The highest BCUT2D eigenvalue weighted by atomic mass is 16.2. The zero-order valence-electron chi connectivity index (χ0n) is 14.2. The van der Waals surface area contributed by atoms with Crippen LogP contribution < -0.4 is 5.32 Å². The van der Waals surface area contributed by atoms with E-state index in [4.69, 9.17) is 0 Å². The van der Waals surface area contributed by atoms with Crippen LogP contribution in [-0.2, 0) is 11.3 Å². The first-order valence-electron chi connectivity index (χ1n) is 8.05. The quantitative estimate of drug-likeness (QED) is 0.760. The summed E-state index contributed by atoms with van der Waals surface area (Å²) in [5, 5.41) is 3.61. The molecule has 21 heavy (non-hydrogen) atoms. The van der Waals surface area contributed by atoms with Crippen LogP contribution in [0.15, 0.2) is 18.5 Å². The van der Waals surface area contributed by atoms with Gasteiger partial charge in [0.2, 0.25) is 5.91 Å². The van der Waals surface area contributed by atoms with Crippen molar-refractivity contribution in [2.75, 3.05) is 20.6 Å². The van der Waals surface area contributed by atoms with E-state index in [1.165, 1.54) is 5.56 Å². The van der Waals surface area contributed by atoms with Gasteiger partial charge < -0.3 is 14.8 Å². The lowest BCUT2D eigenvalue weighted by Crippen LogP contribution is -2.26. The molecule has 1 heterocycles. The molecule has 1 aromatic heterocycles. The molecule has 0 fully saturated rings. The monoisotopic (exact) mass is 293 g/mol. The summed E-state index contributed by atoms with van der Waals surface area (Å²) < 4.78 is 2.20. The Labute approximate surface area is 129 Å². The van der Waals surface area contributed by atoms with Gasteiger partial charge in [-0.3, -0.25) is 4.79 Å². The fourth-order valence-corrected chi connectivity index (χ4v) is 2.46. The van der Waals surface area contributed by atoms with Crippen molar-refractivity contribution in [3.8, 4) is 0 Å². The molecule has 0 aliphatic carbocycles. The smallest absolute Gasteiger partial charge is 0.222 e. The SMILES string of the molecule is CCCNC(c1ccn(CCCC(=O)N(C)C)c1)C(C)C. The average Bonchev–Trinajstić information content (AvgIpc) is 2.87. The van der Waals surface area contributed by atoms with Gasteiger partial charge in [-0.2, -0.15) is 0 Å². The normalized spacial score (nSPS) is 12.7. The van der Waals surface area contributed by atoms with Gasteiger partial charge in [0.15, 0.2) is 0 Å². The topological polar surface area (TPSA) is 37.3 Å². The third-order valence-electron chi connectivity index (χ3n) is 3.72. The van der Waals surface area contributed by atoms with Crippen LogP contribution in [0, 0.1) is 5.92 Å². The van der Waals surface area contributed by atoms with Crippen molar-refractivity contribution >= 4 is 5.91 Å². The lowest BCUT2D eigenvalue weighted by Gasteiger charge is -2.21. The molecule has 1 atom stereocenters. The van der Waals surface area contributed by atoms with Gasteiger partial charge in [-0.1, -0.05) is 20.8 Å². The minimum absolute atomic E-state index is 0.201. The van der Waals surface area contributed by atoms with Gasteiger partial charge in [0.1, 0.15) is 0 Å². The minimum Gasteiger partial charge on any atom is -0.354 e. The van der Waals surface area contributed by atoms with Crippen LogP contribution in [0.4, 0.5) is 0 Å². The number of amides is 1. The van der Waals surface area contributed by atoms with Gasteiger partial charge in [-0.15, -0.1) is 0 Å². The number of carbonyl (C=O) groups excluding carboxylic acids is 1. The molecular formula is C17H31N3O. The van der Waals surface area contributed by atoms with E-state index in [2.05, 4.69) is 49.1 Å². The zero-order chi connectivity index (χ0) is 15.8. The number of rotatable bonds is 9. The fraction of sp³-hybridized carbons (Fsp3) is 0.706. The zero-order valence-corrected chi connectivity index (χ0v) is 14.2. The maximum absolute atomic E-state index is 11.6. The third-order valence-corrected chi connectivity index (χ3v) is 3.72. The molecule has 0 bridgehead atoms. The lowest BCUT2D eigenvalue weighted by molar-refractivity contribution is -0.128. The van der Waals surface area contributed by atoms with Crippen molar-refractivity contribution in [3.63, 3.8) is 0 Å². The molecule has 1 aromatic rings. The number of nitrogens with zero attached hydrogens (tertiary/aromatic N) is 2.